The van der Waals surface area contributed by atoms with E-state index in [2.05, 4.69) is 0 Å². The number of amides is 1. The maximum atomic E-state index is 13.0. The first-order valence-corrected chi connectivity index (χ1v) is 11.8. The van der Waals surface area contributed by atoms with Crippen molar-refractivity contribution < 1.29 is 13.2 Å². The normalized spacial score (nSPS) is 18.3. The van der Waals surface area contributed by atoms with Crippen LogP contribution in [0, 0.1) is 0 Å². The zero-order valence-electron chi connectivity index (χ0n) is 17.3. The maximum absolute atomic E-state index is 13.0. The minimum absolute atomic E-state index is 0.0145. The van der Waals surface area contributed by atoms with Gasteiger partial charge in [0.15, 0.2) is 0 Å². The Hall–Kier alpha value is -3.26. The van der Waals surface area contributed by atoms with Gasteiger partial charge in [0.2, 0.25) is 0 Å². The number of piperidine rings is 1. The van der Waals surface area contributed by atoms with Crippen LogP contribution in [0.1, 0.15) is 23.2 Å². The van der Waals surface area contributed by atoms with Crippen LogP contribution in [0.5, 0.6) is 0 Å². The van der Waals surface area contributed by atoms with E-state index in [1.54, 1.807) is 7.05 Å². The Morgan fingerprint density at radius 2 is 1.48 bits per heavy atom. The molecule has 0 radical (unpaired) electrons. The van der Waals surface area contributed by atoms with E-state index in [4.69, 9.17) is 0 Å². The minimum atomic E-state index is -3.58. The lowest BCUT2D eigenvalue weighted by Gasteiger charge is -2.36. The van der Waals surface area contributed by atoms with E-state index in [9.17, 15) is 13.2 Å². The van der Waals surface area contributed by atoms with Gasteiger partial charge in [0.25, 0.3) is 5.91 Å². The van der Waals surface area contributed by atoms with Gasteiger partial charge in [0.05, 0.1) is 17.4 Å². The number of carbonyl (C=O) groups excluding carboxylic acids is 1. The van der Waals surface area contributed by atoms with Gasteiger partial charge in [-0.2, -0.15) is 8.42 Å². The molecule has 0 N–H and O–H groups in total. The van der Waals surface area contributed by atoms with Crippen LogP contribution in [0.2, 0.25) is 0 Å². The molecule has 1 aromatic heterocycles. The summed E-state index contributed by atoms with van der Waals surface area (Å²) in [6, 6.07) is 18.7. The highest BCUT2D eigenvalue weighted by atomic mass is 32.2. The molecule has 1 amide bonds. The monoisotopic (exact) mass is 436 g/mol. The standard InChI is InChI=1S/C23H24N4O3S/c1-24-21-6-2-3-7-22(21)27(31(24,29)30)20-12-16-26(17-13-20)23(28)18-8-10-19(11-9-18)25-14-4-5-15-25/h2-11,14-15,20H,12-13,16-17H2,1H3. The van der Waals surface area contributed by atoms with Crippen molar-refractivity contribution in [2.75, 3.05) is 28.7 Å². The largest absolute Gasteiger partial charge is 0.338 e. The van der Waals surface area contributed by atoms with Crippen LogP contribution < -0.4 is 8.61 Å². The molecule has 1 fully saturated rings. The maximum Gasteiger partial charge on any atom is 0.326 e. The number of likely N-dealkylation sites (tertiary alicyclic amines) is 1. The van der Waals surface area contributed by atoms with Crippen LogP contribution in [0.4, 0.5) is 11.4 Å². The smallest absolute Gasteiger partial charge is 0.326 e. The molecule has 2 aromatic carbocycles. The Morgan fingerprint density at radius 3 is 2.13 bits per heavy atom. The van der Waals surface area contributed by atoms with Crippen LogP contribution in [0.25, 0.3) is 5.69 Å². The number of hydrogen-bond acceptors (Lipinski definition) is 3. The fourth-order valence-electron chi connectivity index (χ4n) is 4.45. The van der Waals surface area contributed by atoms with Crippen molar-refractivity contribution in [3.8, 4) is 5.69 Å². The highest BCUT2D eigenvalue weighted by molar-refractivity contribution is 7.94. The molecule has 31 heavy (non-hydrogen) atoms. The predicted molar refractivity (Wildman–Crippen MR) is 121 cm³/mol. The number of nitrogens with zero attached hydrogens (tertiary/aromatic N) is 4. The van der Waals surface area contributed by atoms with E-state index in [1.807, 2.05) is 82.5 Å². The fourth-order valence-corrected chi connectivity index (χ4v) is 6.11. The number of rotatable bonds is 3. The van der Waals surface area contributed by atoms with Crippen molar-refractivity contribution in [2.45, 2.75) is 18.9 Å². The van der Waals surface area contributed by atoms with Crippen LogP contribution in [-0.4, -0.2) is 50.0 Å². The van der Waals surface area contributed by atoms with Crippen LogP contribution in [-0.2, 0) is 10.2 Å². The van der Waals surface area contributed by atoms with E-state index in [-0.39, 0.29) is 11.9 Å². The average Bonchev–Trinajstić information content (AvgIpc) is 3.40. The van der Waals surface area contributed by atoms with Gasteiger partial charge in [-0.1, -0.05) is 12.1 Å². The molecule has 7 nitrogen and oxygen atoms in total. The second-order valence-corrected chi connectivity index (χ2v) is 9.76. The van der Waals surface area contributed by atoms with Crippen LogP contribution >= 0.6 is 0 Å². The van der Waals surface area contributed by atoms with E-state index in [1.165, 1.54) is 8.61 Å². The molecule has 0 aliphatic carbocycles. The summed E-state index contributed by atoms with van der Waals surface area (Å²) in [4.78, 5) is 14.8. The number of para-hydroxylation sites is 2. The summed E-state index contributed by atoms with van der Waals surface area (Å²) < 4.78 is 30.8. The van der Waals surface area contributed by atoms with Gasteiger partial charge >= 0.3 is 10.2 Å². The van der Waals surface area contributed by atoms with Gasteiger partial charge < -0.3 is 9.47 Å². The summed E-state index contributed by atoms with van der Waals surface area (Å²) in [5.41, 5.74) is 3.06. The molecule has 0 bridgehead atoms. The Bertz CT molecular complexity index is 1200. The summed E-state index contributed by atoms with van der Waals surface area (Å²) in [5.74, 6) is -0.0145. The molecule has 8 heteroatoms. The van der Waals surface area contributed by atoms with Crippen molar-refractivity contribution in [1.29, 1.82) is 0 Å². The molecule has 0 saturated carbocycles. The lowest BCUT2D eigenvalue weighted by atomic mass is 10.0. The molecule has 1 saturated heterocycles. The number of fused-ring (bicyclic) bond motifs is 1. The second kappa shape index (κ2) is 7.46. The molecule has 0 spiro atoms. The quantitative estimate of drug-likeness (QED) is 0.633. The molecule has 3 heterocycles. The third-order valence-corrected chi connectivity index (χ3v) is 8.03. The van der Waals surface area contributed by atoms with E-state index >= 15 is 0 Å². The zero-order valence-corrected chi connectivity index (χ0v) is 18.1. The topological polar surface area (TPSA) is 65.9 Å². The van der Waals surface area contributed by atoms with Gasteiger partial charge in [-0.05, 0) is 61.4 Å². The van der Waals surface area contributed by atoms with Gasteiger partial charge in [-0.25, -0.2) is 4.31 Å². The first-order chi connectivity index (χ1) is 15.0. The van der Waals surface area contributed by atoms with Gasteiger partial charge in [0.1, 0.15) is 0 Å². The molecule has 2 aliphatic rings. The first-order valence-electron chi connectivity index (χ1n) is 10.4. The number of anilines is 2. The third-order valence-electron chi connectivity index (χ3n) is 6.15. The molecule has 5 rings (SSSR count). The van der Waals surface area contributed by atoms with Gasteiger partial charge in [-0.3, -0.25) is 9.10 Å². The molecule has 0 unspecified atom stereocenters. The Kier molecular flexibility index (Phi) is 4.74. The molecular formula is C23H24N4O3S. The Morgan fingerprint density at radius 1 is 0.871 bits per heavy atom. The number of hydrogen-bond donors (Lipinski definition) is 0. The van der Waals surface area contributed by atoms with Crippen molar-refractivity contribution in [3.63, 3.8) is 0 Å². The van der Waals surface area contributed by atoms with Crippen molar-refractivity contribution >= 4 is 27.5 Å². The van der Waals surface area contributed by atoms with Gasteiger partial charge in [0, 0.05) is 43.8 Å². The summed E-state index contributed by atoms with van der Waals surface area (Å²) in [5, 5.41) is 0. The zero-order chi connectivity index (χ0) is 21.6. The molecule has 3 aromatic rings. The lowest BCUT2D eigenvalue weighted by Crippen LogP contribution is -2.49. The molecular weight excluding hydrogens is 412 g/mol. The summed E-state index contributed by atoms with van der Waals surface area (Å²) >= 11 is 0. The highest BCUT2D eigenvalue weighted by Gasteiger charge is 2.43. The molecule has 2 aliphatic heterocycles. The van der Waals surface area contributed by atoms with Crippen molar-refractivity contribution in [3.05, 3.63) is 78.6 Å². The summed E-state index contributed by atoms with van der Waals surface area (Å²) in [7, 11) is -1.99. The molecule has 160 valence electrons. The number of carbonyl (C=O) groups is 1. The molecule has 0 atom stereocenters. The third kappa shape index (κ3) is 3.27. The van der Waals surface area contributed by atoms with E-state index in [0.717, 1.165) is 11.4 Å². The Labute approximate surface area is 182 Å². The SMILES string of the molecule is CN1c2ccccc2N(C2CCN(C(=O)c3ccc(-n4cccc4)cc3)CC2)S1(=O)=O. The lowest BCUT2D eigenvalue weighted by molar-refractivity contribution is 0.0716. The average molecular weight is 437 g/mol. The summed E-state index contributed by atoms with van der Waals surface area (Å²) in [6.45, 7) is 1.06. The van der Waals surface area contributed by atoms with Crippen LogP contribution in [0.15, 0.2) is 73.1 Å². The fraction of sp³-hybridized carbons (Fsp3) is 0.261. The predicted octanol–water partition coefficient (Wildman–Crippen LogP) is 3.28. The van der Waals surface area contributed by atoms with Crippen molar-refractivity contribution in [2.24, 2.45) is 0 Å². The van der Waals surface area contributed by atoms with Gasteiger partial charge in [-0.15, -0.1) is 0 Å². The van der Waals surface area contributed by atoms with E-state index < -0.39 is 10.2 Å². The van der Waals surface area contributed by atoms with Crippen LogP contribution in [0.3, 0.4) is 0 Å². The minimum Gasteiger partial charge on any atom is -0.338 e. The highest BCUT2D eigenvalue weighted by Crippen LogP contribution is 2.42. The van der Waals surface area contributed by atoms with Crippen molar-refractivity contribution in [1.82, 2.24) is 9.47 Å². The number of aromatic nitrogens is 1. The summed E-state index contributed by atoms with van der Waals surface area (Å²) in [6.07, 6.45) is 5.14. The number of benzene rings is 2. The first kappa shape index (κ1) is 19.7. The van der Waals surface area contributed by atoms with E-state index in [0.29, 0.717) is 37.2 Å². The second-order valence-electron chi connectivity index (χ2n) is 7.92. The Balaban J connectivity index is 1.29.